The SMILES string of the molecule is C[C@H]([NH2+]CC(=O)Nc1ccccc1SCC#N)c1ccccc1. The monoisotopic (exact) mass is 326 g/mol. The van der Waals surface area contributed by atoms with Crippen LogP contribution in [0.4, 0.5) is 5.69 Å². The van der Waals surface area contributed by atoms with Gasteiger partial charge < -0.3 is 10.6 Å². The standard InChI is InChI=1S/C18H19N3OS/c1-14(15-7-3-2-4-8-15)20-13-18(22)21-16-9-5-6-10-17(16)23-12-11-19/h2-10,14,20H,12-13H2,1H3,(H,21,22)/p+1/t14-/m0/s1. The third kappa shape index (κ3) is 5.44. The molecular weight excluding hydrogens is 306 g/mol. The van der Waals surface area contributed by atoms with Gasteiger partial charge in [-0.1, -0.05) is 42.5 Å². The van der Waals surface area contributed by atoms with Crippen LogP contribution in [0.3, 0.4) is 0 Å². The van der Waals surface area contributed by atoms with Crippen molar-refractivity contribution >= 4 is 23.4 Å². The molecule has 0 unspecified atom stereocenters. The molecule has 0 aliphatic carbocycles. The number of anilines is 1. The van der Waals surface area contributed by atoms with E-state index in [0.717, 1.165) is 10.6 Å². The van der Waals surface area contributed by atoms with Crippen LogP contribution in [0.2, 0.25) is 0 Å². The smallest absolute Gasteiger partial charge is 0.279 e. The lowest BCUT2D eigenvalue weighted by Crippen LogP contribution is -2.86. The van der Waals surface area contributed by atoms with E-state index in [2.05, 4.69) is 30.4 Å². The largest absolute Gasteiger partial charge is 0.333 e. The van der Waals surface area contributed by atoms with Crippen molar-refractivity contribution in [3.8, 4) is 6.07 Å². The second-order valence-electron chi connectivity index (χ2n) is 5.13. The number of carbonyl (C=O) groups excluding carboxylic acids is 1. The number of amides is 1. The van der Waals surface area contributed by atoms with Crippen LogP contribution in [0.15, 0.2) is 59.5 Å². The van der Waals surface area contributed by atoms with Crippen LogP contribution in [0.25, 0.3) is 0 Å². The average molecular weight is 326 g/mol. The highest BCUT2D eigenvalue weighted by Gasteiger charge is 2.12. The molecule has 2 aromatic rings. The number of nitriles is 1. The van der Waals surface area contributed by atoms with Crippen LogP contribution in [0, 0.1) is 11.3 Å². The minimum absolute atomic E-state index is 0.0437. The molecule has 5 heteroatoms. The third-order valence-electron chi connectivity index (χ3n) is 3.44. The molecule has 0 bridgehead atoms. The van der Waals surface area contributed by atoms with Gasteiger partial charge in [0.25, 0.3) is 5.91 Å². The van der Waals surface area contributed by atoms with Crippen LogP contribution in [-0.2, 0) is 4.79 Å². The molecule has 1 atom stereocenters. The van der Waals surface area contributed by atoms with Crippen molar-refractivity contribution in [1.82, 2.24) is 0 Å². The number of nitrogens with zero attached hydrogens (tertiary/aromatic N) is 1. The first-order valence-corrected chi connectivity index (χ1v) is 8.46. The van der Waals surface area contributed by atoms with Gasteiger partial charge >= 0.3 is 0 Å². The maximum absolute atomic E-state index is 12.2. The summed E-state index contributed by atoms with van der Waals surface area (Å²) in [6.45, 7) is 2.44. The third-order valence-corrected chi connectivity index (χ3v) is 4.38. The minimum Gasteiger partial charge on any atom is -0.333 e. The number of hydrogen-bond acceptors (Lipinski definition) is 3. The Kier molecular flexibility index (Phi) is 6.67. The molecule has 0 saturated carbocycles. The zero-order valence-corrected chi connectivity index (χ0v) is 13.8. The molecule has 0 spiro atoms. The summed E-state index contributed by atoms with van der Waals surface area (Å²) in [7, 11) is 0. The van der Waals surface area contributed by atoms with Crippen molar-refractivity contribution in [3.05, 3.63) is 60.2 Å². The van der Waals surface area contributed by atoms with Crippen molar-refractivity contribution in [2.75, 3.05) is 17.6 Å². The molecule has 0 aliphatic rings. The number of para-hydroxylation sites is 1. The van der Waals surface area contributed by atoms with Crippen molar-refractivity contribution in [2.45, 2.75) is 17.9 Å². The number of benzene rings is 2. The molecule has 2 rings (SSSR count). The Labute approximate surface area is 140 Å². The van der Waals surface area contributed by atoms with Crippen molar-refractivity contribution in [1.29, 1.82) is 5.26 Å². The number of hydrogen-bond donors (Lipinski definition) is 2. The highest BCUT2D eigenvalue weighted by atomic mass is 32.2. The quantitative estimate of drug-likeness (QED) is 0.768. The van der Waals surface area contributed by atoms with Crippen molar-refractivity contribution < 1.29 is 10.1 Å². The summed E-state index contributed by atoms with van der Waals surface area (Å²) < 4.78 is 0. The molecule has 1 amide bonds. The fourth-order valence-electron chi connectivity index (χ4n) is 2.18. The van der Waals surface area contributed by atoms with E-state index in [-0.39, 0.29) is 11.9 Å². The number of nitrogens with one attached hydrogen (secondary N) is 1. The van der Waals surface area contributed by atoms with Gasteiger partial charge in [-0.3, -0.25) is 4.79 Å². The fourth-order valence-corrected chi connectivity index (χ4v) is 2.85. The van der Waals surface area contributed by atoms with E-state index in [1.165, 1.54) is 17.3 Å². The Morgan fingerprint density at radius 2 is 1.91 bits per heavy atom. The van der Waals surface area contributed by atoms with E-state index in [9.17, 15) is 4.79 Å². The second-order valence-corrected chi connectivity index (χ2v) is 6.15. The first kappa shape index (κ1) is 17.1. The topological polar surface area (TPSA) is 69.5 Å². The lowest BCUT2D eigenvalue weighted by Gasteiger charge is -2.12. The lowest BCUT2D eigenvalue weighted by atomic mass is 10.1. The summed E-state index contributed by atoms with van der Waals surface area (Å²) in [5.41, 5.74) is 1.96. The highest BCUT2D eigenvalue weighted by molar-refractivity contribution is 7.99. The summed E-state index contributed by atoms with van der Waals surface area (Å²) in [5.74, 6) is 0.321. The second kappa shape index (κ2) is 8.99. The number of quaternary nitrogens is 1. The molecule has 0 heterocycles. The number of rotatable bonds is 7. The molecule has 118 valence electrons. The van der Waals surface area contributed by atoms with Crippen LogP contribution < -0.4 is 10.6 Å². The first-order valence-electron chi connectivity index (χ1n) is 7.47. The van der Waals surface area contributed by atoms with Crippen LogP contribution in [-0.4, -0.2) is 18.2 Å². The zero-order chi connectivity index (χ0) is 16.5. The predicted molar refractivity (Wildman–Crippen MR) is 93.1 cm³/mol. The van der Waals surface area contributed by atoms with Gasteiger partial charge in [0.2, 0.25) is 0 Å². The maximum atomic E-state index is 12.2. The summed E-state index contributed by atoms with van der Waals surface area (Å²) in [4.78, 5) is 13.1. The van der Waals surface area contributed by atoms with Gasteiger partial charge in [-0.25, -0.2) is 0 Å². The van der Waals surface area contributed by atoms with Gasteiger partial charge in [0.05, 0.1) is 17.5 Å². The average Bonchev–Trinajstić information content (AvgIpc) is 2.59. The Morgan fingerprint density at radius 1 is 1.22 bits per heavy atom. The van der Waals surface area contributed by atoms with Gasteiger partial charge in [0.15, 0.2) is 6.54 Å². The van der Waals surface area contributed by atoms with Crippen LogP contribution >= 0.6 is 11.8 Å². The zero-order valence-electron chi connectivity index (χ0n) is 13.0. The molecule has 2 aromatic carbocycles. The fraction of sp³-hybridized carbons (Fsp3) is 0.222. The lowest BCUT2D eigenvalue weighted by molar-refractivity contribution is -0.682. The molecule has 0 saturated heterocycles. The Hall–Kier alpha value is -2.29. The van der Waals surface area contributed by atoms with Crippen molar-refractivity contribution in [3.63, 3.8) is 0 Å². The van der Waals surface area contributed by atoms with Crippen molar-refractivity contribution in [2.24, 2.45) is 0 Å². The maximum Gasteiger partial charge on any atom is 0.279 e. The minimum atomic E-state index is -0.0437. The summed E-state index contributed by atoms with van der Waals surface area (Å²) in [6, 6.07) is 20.0. The molecule has 3 N–H and O–H groups in total. The van der Waals surface area contributed by atoms with E-state index >= 15 is 0 Å². The first-order chi connectivity index (χ1) is 11.2. The van der Waals surface area contributed by atoms with Gasteiger partial charge in [0, 0.05) is 10.5 Å². The number of carbonyl (C=O) groups is 1. The Morgan fingerprint density at radius 3 is 2.65 bits per heavy atom. The van der Waals surface area contributed by atoms with Gasteiger partial charge in [-0.15, -0.1) is 11.8 Å². The molecule has 0 aliphatic heterocycles. The molecule has 0 aromatic heterocycles. The van der Waals surface area contributed by atoms with E-state index in [4.69, 9.17) is 5.26 Å². The van der Waals surface area contributed by atoms with Gasteiger partial charge in [-0.05, 0) is 19.1 Å². The van der Waals surface area contributed by atoms with E-state index in [1.54, 1.807) is 0 Å². The molecule has 0 radical (unpaired) electrons. The van der Waals surface area contributed by atoms with Crippen LogP contribution in [0.5, 0.6) is 0 Å². The summed E-state index contributed by atoms with van der Waals surface area (Å²) in [5, 5.41) is 13.6. The summed E-state index contributed by atoms with van der Waals surface area (Å²) in [6.07, 6.45) is 0. The molecular formula is C18H20N3OS+. The van der Waals surface area contributed by atoms with Gasteiger partial charge in [-0.2, -0.15) is 5.26 Å². The Bertz CT molecular complexity index is 682. The van der Waals surface area contributed by atoms with Gasteiger partial charge in [0.1, 0.15) is 6.04 Å². The molecule has 23 heavy (non-hydrogen) atoms. The van der Waals surface area contributed by atoms with E-state index in [1.807, 2.05) is 47.8 Å². The van der Waals surface area contributed by atoms with E-state index < -0.39 is 0 Å². The van der Waals surface area contributed by atoms with E-state index in [0.29, 0.717) is 12.3 Å². The molecule has 0 fully saturated rings. The molecule has 4 nitrogen and oxygen atoms in total. The normalized spacial score (nSPS) is 11.5. The number of thioether (sulfide) groups is 1. The van der Waals surface area contributed by atoms with Crippen LogP contribution in [0.1, 0.15) is 18.5 Å². The Balaban J connectivity index is 1.89. The summed E-state index contributed by atoms with van der Waals surface area (Å²) >= 11 is 1.42. The highest BCUT2D eigenvalue weighted by Crippen LogP contribution is 2.26. The predicted octanol–water partition coefficient (Wildman–Crippen LogP) is 2.57. The number of nitrogens with two attached hydrogens (primary N) is 1.